The van der Waals surface area contributed by atoms with E-state index in [1.54, 1.807) is 15.6 Å². The molecule has 0 spiro atoms. The van der Waals surface area contributed by atoms with E-state index in [0.717, 1.165) is 25.3 Å². The van der Waals surface area contributed by atoms with Gasteiger partial charge < -0.3 is 10.6 Å². The molecule has 0 radical (unpaired) electrons. The minimum absolute atomic E-state index is 0.277. The van der Waals surface area contributed by atoms with Crippen LogP contribution in [0.1, 0.15) is 30.0 Å². The van der Waals surface area contributed by atoms with Crippen molar-refractivity contribution < 1.29 is 8.42 Å². The number of hydrogen-bond acceptors (Lipinski definition) is 4. The van der Waals surface area contributed by atoms with E-state index in [0.29, 0.717) is 26.2 Å². The smallest absolute Gasteiger partial charge is 0.214 e. The van der Waals surface area contributed by atoms with Crippen LogP contribution in [0.25, 0.3) is 0 Å². The molecule has 0 aromatic carbocycles. The van der Waals surface area contributed by atoms with E-state index in [1.807, 2.05) is 6.92 Å². The Labute approximate surface area is 143 Å². The molecule has 23 heavy (non-hydrogen) atoms. The molecule has 1 fully saturated rings. The summed E-state index contributed by atoms with van der Waals surface area (Å²) in [7, 11) is -3.02. The van der Waals surface area contributed by atoms with Crippen molar-refractivity contribution in [1.82, 2.24) is 14.9 Å². The van der Waals surface area contributed by atoms with Gasteiger partial charge in [-0.25, -0.2) is 17.7 Å². The van der Waals surface area contributed by atoms with Crippen LogP contribution in [0.5, 0.6) is 0 Å². The van der Waals surface area contributed by atoms with Crippen LogP contribution in [0.2, 0.25) is 0 Å². The van der Waals surface area contributed by atoms with Gasteiger partial charge >= 0.3 is 0 Å². The Morgan fingerprint density at radius 1 is 1.30 bits per heavy atom. The lowest BCUT2D eigenvalue weighted by Gasteiger charge is -2.16. The van der Waals surface area contributed by atoms with Crippen LogP contribution in [0.4, 0.5) is 0 Å². The molecule has 130 valence electrons. The quantitative estimate of drug-likeness (QED) is 0.571. The van der Waals surface area contributed by atoms with Gasteiger partial charge in [0.05, 0.1) is 12.3 Å². The molecule has 6 nitrogen and oxygen atoms in total. The van der Waals surface area contributed by atoms with Gasteiger partial charge in [-0.2, -0.15) is 0 Å². The Balaban J connectivity index is 1.84. The summed E-state index contributed by atoms with van der Waals surface area (Å²) >= 11 is 1.79. The summed E-state index contributed by atoms with van der Waals surface area (Å²) in [5.74, 6) is 1.01. The summed E-state index contributed by atoms with van der Waals surface area (Å²) in [5.41, 5.74) is 0. The van der Waals surface area contributed by atoms with Gasteiger partial charge in [-0.3, -0.25) is 0 Å². The third-order valence-electron chi connectivity index (χ3n) is 3.66. The first-order valence-electron chi connectivity index (χ1n) is 8.12. The summed E-state index contributed by atoms with van der Waals surface area (Å²) in [4.78, 5) is 7.17. The van der Waals surface area contributed by atoms with Crippen LogP contribution in [-0.2, 0) is 23.0 Å². The van der Waals surface area contributed by atoms with Crippen molar-refractivity contribution in [2.75, 3.05) is 31.9 Å². The van der Waals surface area contributed by atoms with Crippen LogP contribution in [0, 0.1) is 0 Å². The molecule has 2 N–H and O–H groups in total. The minimum Gasteiger partial charge on any atom is -0.357 e. The number of guanidine groups is 1. The van der Waals surface area contributed by atoms with Gasteiger partial charge in [0.15, 0.2) is 5.96 Å². The molecule has 0 saturated carbocycles. The lowest BCUT2D eigenvalue weighted by atomic mass is 10.4. The van der Waals surface area contributed by atoms with E-state index < -0.39 is 10.0 Å². The molecule has 2 rings (SSSR count). The number of sulfonamides is 1. The normalized spacial score (nSPS) is 18.3. The van der Waals surface area contributed by atoms with E-state index in [-0.39, 0.29) is 5.75 Å². The minimum atomic E-state index is -3.02. The number of aryl methyl sites for hydroxylation is 1. The fourth-order valence-corrected chi connectivity index (χ4v) is 4.85. The summed E-state index contributed by atoms with van der Waals surface area (Å²) in [6.45, 7) is 7.27. The Hall–Kier alpha value is -1.12. The lowest BCUT2D eigenvalue weighted by Crippen LogP contribution is -2.42. The number of rotatable bonds is 7. The van der Waals surface area contributed by atoms with Crippen molar-refractivity contribution in [3.63, 3.8) is 0 Å². The molecule has 1 aromatic heterocycles. The molecule has 0 aliphatic carbocycles. The van der Waals surface area contributed by atoms with E-state index in [4.69, 9.17) is 0 Å². The van der Waals surface area contributed by atoms with Gasteiger partial charge in [0.1, 0.15) is 0 Å². The fraction of sp³-hybridized carbons (Fsp3) is 0.667. The lowest BCUT2D eigenvalue weighted by molar-refractivity contribution is 0.445. The van der Waals surface area contributed by atoms with Crippen molar-refractivity contribution in [3.05, 3.63) is 21.9 Å². The highest BCUT2D eigenvalue weighted by Crippen LogP contribution is 2.17. The van der Waals surface area contributed by atoms with Crippen molar-refractivity contribution in [1.29, 1.82) is 0 Å². The van der Waals surface area contributed by atoms with E-state index in [9.17, 15) is 8.42 Å². The van der Waals surface area contributed by atoms with Crippen molar-refractivity contribution in [2.24, 2.45) is 4.99 Å². The molecule has 1 aromatic rings. The van der Waals surface area contributed by atoms with Crippen molar-refractivity contribution >= 4 is 27.3 Å². The SMILES string of the molecule is CCNC(=NCc1ccc(CC)s1)NCCN1CCCS1(=O)=O. The van der Waals surface area contributed by atoms with Crippen molar-refractivity contribution in [3.8, 4) is 0 Å². The maximum Gasteiger partial charge on any atom is 0.214 e. The third-order valence-corrected chi connectivity index (χ3v) is 6.83. The zero-order valence-electron chi connectivity index (χ0n) is 13.8. The zero-order chi connectivity index (χ0) is 16.7. The predicted molar refractivity (Wildman–Crippen MR) is 96.5 cm³/mol. The Morgan fingerprint density at radius 2 is 2.09 bits per heavy atom. The van der Waals surface area contributed by atoms with Crippen LogP contribution < -0.4 is 10.6 Å². The highest BCUT2D eigenvalue weighted by atomic mass is 32.2. The van der Waals surface area contributed by atoms with Crippen LogP contribution in [0.15, 0.2) is 17.1 Å². The Morgan fingerprint density at radius 3 is 2.70 bits per heavy atom. The number of nitrogens with zero attached hydrogens (tertiary/aromatic N) is 2. The molecule has 1 saturated heterocycles. The summed E-state index contributed by atoms with van der Waals surface area (Å²) < 4.78 is 25.1. The molecule has 0 amide bonds. The average molecular weight is 359 g/mol. The largest absolute Gasteiger partial charge is 0.357 e. The number of thiophene rings is 1. The molecular formula is C15H26N4O2S2. The topological polar surface area (TPSA) is 73.8 Å². The molecule has 1 aliphatic heterocycles. The Kier molecular flexibility index (Phi) is 6.86. The third kappa shape index (κ3) is 5.47. The van der Waals surface area contributed by atoms with Gasteiger partial charge in [-0.05, 0) is 31.9 Å². The molecule has 8 heteroatoms. The summed E-state index contributed by atoms with van der Waals surface area (Å²) in [6, 6.07) is 4.27. The van der Waals surface area contributed by atoms with Crippen LogP contribution in [-0.4, -0.2) is 50.6 Å². The van der Waals surface area contributed by atoms with Gasteiger partial charge in [0, 0.05) is 35.9 Å². The molecule has 2 heterocycles. The fourth-order valence-electron chi connectivity index (χ4n) is 2.44. The molecule has 1 aliphatic rings. The summed E-state index contributed by atoms with van der Waals surface area (Å²) in [5, 5.41) is 6.41. The molecule has 0 atom stereocenters. The van der Waals surface area contributed by atoms with Gasteiger partial charge in [0.25, 0.3) is 0 Å². The van der Waals surface area contributed by atoms with Gasteiger partial charge in [-0.15, -0.1) is 11.3 Å². The van der Waals surface area contributed by atoms with Gasteiger partial charge in [0.2, 0.25) is 10.0 Å². The monoisotopic (exact) mass is 358 g/mol. The summed E-state index contributed by atoms with van der Waals surface area (Å²) in [6.07, 6.45) is 1.78. The van der Waals surface area contributed by atoms with E-state index in [2.05, 4.69) is 34.7 Å². The van der Waals surface area contributed by atoms with Crippen molar-refractivity contribution in [2.45, 2.75) is 33.2 Å². The number of nitrogens with one attached hydrogen (secondary N) is 2. The van der Waals surface area contributed by atoms with Crippen LogP contribution >= 0.6 is 11.3 Å². The Bertz CT molecular complexity index is 625. The second-order valence-corrected chi connectivity index (χ2v) is 8.75. The van der Waals surface area contributed by atoms with E-state index >= 15 is 0 Å². The first kappa shape index (κ1) is 18.2. The maximum absolute atomic E-state index is 11.8. The number of hydrogen-bond donors (Lipinski definition) is 2. The average Bonchev–Trinajstić information content (AvgIpc) is 3.11. The first-order valence-corrected chi connectivity index (χ1v) is 10.5. The zero-order valence-corrected chi connectivity index (χ0v) is 15.5. The predicted octanol–water partition coefficient (Wildman–Crippen LogP) is 1.40. The van der Waals surface area contributed by atoms with E-state index in [1.165, 1.54) is 9.75 Å². The first-order chi connectivity index (χ1) is 11.0. The van der Waals surface area contributed by atoms with Crippen LogP contribution in [0.3, 0.4) is 0 Å². The second kappa shape index (κ2) is 8.65. The highest BCUT2D eigenvalue weighted by molar-refractivity contribution is 7.89. The molecule has 0 bridgehead atoms. The molecular weight excluding hydrogens is 332 g/mol. The van der Waals surface area contributed by atoms with Gasteiger partial charge in [-0.1, -0.05) is 6.92 Å². The highest BCUT2D eigenvalue weighted by Gasteiger charge is 2.27. The standard InChI is InChI=1S/C15H26N4O2S2/c1-3-13-6-7-14(22-13)12-18-15(16-4-2)17-8-10-19-9-5-11-23(19,20)21/h6-7H,3-5,8-12H2,1-2H3,(H2,16,17,18). The maximum atomic E-state index is 11.8. The second-order valence-electron chi connectivity index (χ2n) is 5.41. The molecule has 0 unspecified atom stereocenters. The number of aliphatic imine (C=N–C) groups is 1.